The van der Waals surface area contributed by atoms with Crippen LogP contribution in [0.25, 0.3) is 11.0 Å². The molecule has 3 rings (SSSR count). The number of imidazole rings is 1. The predicted molar refractivity (Wildman–Crippen MR) is 130 cm³/mol. The number of ether oxygens (including phenoxy) is 1. The van der Waals surface area contributed by atoms with Gasteiger partial charge in [0.15, 0.2) is 5.96 Å². The van der Waals surface area contributed by atoms with Crippen LogP contribution in [0.3, 0.4) is 0 Å². The highest BCUT2D eigenvalue weighted by Gasteiger charge is 2.06. The van der Waals surface area contributed by atoms with Gasteiger partial charge in [0.1, 0.15) is 5.82 Å². The normalized spacial score (nSPS) is 11.3. The highest BCUT2D eigenvalue weighted by Crippen LogP contribution is 2.15. The molecule has 156 valence electrons. The number of rotatable bonds is 9. The Balaban J connectivity index is 0.00000300. The zero-order valence-corrected chi connectivity index (χ0v) is 19.4. The molecule has 0 radical (unpaired) electrons. The Labute approximate surface area is 189 Å². The van der Waals surface area contributed by atoms with Crippen molar-refractivity contribution in [1.29, 1.82) is 0 Å². The fraction of sp³-hybridized carbons (Fsp3) is 0.364. The van der Waals surface area contributed by atoms with Crippen molar-refractivity contribution >= 4 is 41.0 Å². The lowest BCUT2D eigenvalue weighted by Crippen LogP contribution is -2.39. The van der Waals surface area contributed by atoms with Gasteiger partial charge in [-0.2, -0.15) is 0 Å². The largest absolute Gasteiger partial charge is 0.375 e. The van der Waals surface area contributed by atoms with Gasteiger partial charge in [0.25, 0.3) is 0 Å². The molecular formula is C22H30IN5O. The van der Waals surface area contributed by atoms with E-state index in [9.17, 15) is 0 Å². The molecule has 0 aliphatic carbocycles. The molecule has 2 N–H and O–H groups in total. The molecule has 29 heavy (non-hydrogen) atoms. The summed E-state index contributed by atoms with van der Waals surface area (Å²) in [6.07, 6.45) is 0.992. The first kappa shape index (κ1) is 23.2. The summed E-state index contributed by atoms with van der Waals surface area (Å²) in [5.74, 6) is 1.86. The molecule has 0 unspecified atom stereocenters. The van der Waals surface area contributed by atoms with Crippen LogP contribution in [0.5, 0.6) is 0 Å². The fourth-order valence-corrected chi connectivity index (χ4v) is 3.15. The van der Waals surface area contributed by atoms with Gasteiger partial charge in [-0.15, -0.1) is 24.0 Å². The first-order valence-corrected chi connectivity index (χ1v) is 9.76. The van der Waals surface area contributed by atoms with Crippen LogP contribution in [-0.2, 0) is 17.9 Å². The number of nitrogens with one attached hydrogen (secondary N) is 2. The Morgan fingerprint density at radius 1 is 1.03 bits per heavy atom. The summed E-state index contributed by atoms with van der Waals surface area (Å²) in [6, 6.07) is 18.5. The number of para-hydroxylation sites is 2. The van der Waals surface area contributed by atoms with E-state index in [1.165, 1.54) is 11.1 Å². The number of aryl methyl sites for hydroxylation is 2. The number of aliphatic imine (C=N–C) groups is 1. The molecule has 0 spiro atoms. The summed E-state index contributed by atoms with van der Waals surface area (Å²) in [7, 11) is 1.79. The lowest BCUT2D eigenvalue weighted by atomic mass is 10.2. The molecule has 0 fully saturated rings. The van der Waals surface area contributed by atoms with Crippen molar-refractivity contribution in [1.82, 2.24) is 20.2 Å². The van der Waals surface area contributed by atoms with Crippen molar-refractivity contribution in [3.8, 4) is 0 Å². The van der Waals surface area contributed by atoms with E-state index in [0.29, 0.717) is 13.2 Å². The van der Waals surface area contributed by atoms with E-state index < -0.39 is 0 Å². The van der Waals surface area contributed by atoms with Crippen LogP contribution in [0.2, 0.25) is 0 Å². The standard InChI is InChI=1S/C22H29N5O.HI/c1-18-26-20-11-6-7-12-21(20)27(18)15-8-13-24-22(23-2)25-14-16-28-17-19-9-4-3-5-10-19;/h3-7,9-12H,8,13-17H2,1-2H3,(H2,23,24,25);1H. The van der Waals surface area contributed by atoms with Gasteiger partial charge in [0, 0.05) is 26.7 Å². The first-order chi connectivity index (χ1) is 13.8. The number of fused-ring (bicyclic) bond motifs is 1. The Morgan fingerprint density at radius 2 is 1.76 bits per heavy atom. The van der Waals surface area contributed by atoms with Gasteiger partial charge in [-0.25, -0.2) is 4.98 Å². The quantitative estimate of drug-likeness (QED) is 0.201. The molecule has 2 aromatic carbocycles. The Kier molecular flexibility index (Phi) is 9.93. The molecule has 3 aromatic rings. The first-order valence-electron chi connectivity index (χ1n) is 9.76. The molecule has 7 heteroatoms. The van der Waals surface area contributed by atoms with Crippen LogP contribution in [0.15, 0.2) is 59.6 Å². The third-order valence-electron chi connectivity index (χ3n) is 4.57. The SMILES string of the molecule is CN=C(NCCCn1c(C)nc2ccccc21)NCCOCc1ccccc1.I. The molecular weight excluding hydrogens is 477 g/mol. The minimum Gasteiger partial charge on any atom is -0.375 e. The van der Waals surface area contributed by atoms with Gasteiger partial charge in [-0.3, -0.25) is 4.99 Å². The molecule has 0 saturated carbocycles. The molecule has 6 nitrogen and oxygen atoms in total. The van der Waals surface area contributed by atoms with Crippen molar-refractivity contribution in [2.24, 2.45) is 4.99 Å². The van der Waals surface area contributed by atoms with Crippen molar-refractivity contribution < 1.29 is 4.74 Å². The van der Waals surface area contributed by atoms with E-state index in [-0.39, 0.29) is 24.0 Å². The average molecular weight is 507 g/mol. The maximum Gasteiger partial charge on any atom is 0.191 e. The van der Waals surface area contributed by atoms with Crippen molar-refractivity contribution in [2.45, 2.75) is 26.5 Å². The second kappa shape index (κ2) is 12.4. The lowest BCUT2D eigenvalue weighted by molar-refractivity contribution is 0.125. The van der Waals surface area contributed by atoms with E-state index in [2.05, 4.69) is 62.4 Å². The van der Waals surface area contributed by atoms with Gasteiger partial charge < -0.3 is 19.9 Å². The highest BCUT2D eigenvalue weighted by atomic mass is 127. The van der Waals surface area contributed by atoms with Crippen LogP contribution in [0.4, 0.5) is 0 Å². The van der Waals surface area contributed by atoms with Crippen LogP contribution in [0.1, 0.15) is 17.8 Å². The molecule has 1 aromatic heterocycles. The minimum absolute atomic E-state index is 0. The Morgan fingerprint density at radius 3 is 2.55 bits per heavy atom. The predicted octanol–water partition coefficient (Wildman–Crippen LogP) is 3.73. The van der Waals surface area contributed by atoms with Crippen LogP contribution < -0.4 is 10.6 Å². The van der Waals surface area contributed by atoms with Gasteiger partial charge >= 0.3 is 0 Å². The Hall–Kier alpha value is -2.13. The maximum absolute atomic E-state index is 5.69. The minimum atomic E-state index is 0. The topological polar surface area (TPSA) is 63.5 Å². The molecule has 0 atom stereocenters. The number of hydrogen-bond donors (Lipinski definition) is 2. The van der Waals surface area contributed by atoms with Gasteiger partial charge in [0.05, 0.1) is 24.2 Å². The maximum atomic E-state index is 5.69. The van der Waals surface area contributed by atoms with Gasteiger partial charge in [-0.1, -0.05) is 42.5 Å². The monoisotopic (exact) mass is 507 g/mol. The van der Waals surface area contributed by atoms with E-state index in [0.717, 1.165) is 43.4 Å². The smallest absolute Gasteiger partial charge is 0.191 e. The number of hydrogen-bond acceptors (Lipinski definition) is 3. The molecule has 0 aliphatic heterocycles. The Bertz CT molecular complexity index is 895. The lowest BCUT2D eigenvalue weighted by Gasteiger charge is -2.13. The summed E-state index contributed by atoms with van der Waals surface area (Å²) in [5, 5.41) is 6.64. The average Bonchev–Trinajstić information content (AvgIpc) is 3.05. The number of halogens is 1. The summed E-state index contributed by atoms with van der Waals surface area (Å²) in [4.78, 5) is 8.88. The highest BCUT2D eigenvalue weighted by molar-refractivity contribution is 14.0. The van der Waals surface area contributed by atoms with Crippen molar-refractivity contribution in [3.63, 3.8) is 0 Å². The van der Waals surface area contributed by atoms with E-state index in [1.54, 1.807) is 7.05 Å². The third-order valence-corrected chi connectivity index (χ3v) is 4.57. The summed E-state index contributed by atoms with van der Waals surface area (Å²) < 4.78 is 7.96. The second-order valence-electron chi connectivity index (χ2n) is 6.62. The summed E-state index contributed by atoms with van der Waals surface area (Å²) in [6.45, 7) is 5.82. The van der Waals surface area contributed by atoms with E-state index in [1.807, 2.05) is 24.3 Å². The molecule has 0 aliphatic rings. The molecule has 0 saturated heterocycles. The van der Waals surface area contributed by atoms with Gasteiger partial charge in [-0.05, 0) is 31.0 Å². The molecule has 0 bridgehead atoms. The van der Waals surface area contributed by atoms with Crippen molar-refractivity contribution in [3.05, 3.63) is 66.0 Å². The zero-order chi connectivity index (χ0) is 19.6. The number of benzene rings is 2. The summed E-state index contributed by atoms with van der Waals surface area (Å²) >= 11 is 0. The molecule has 1 heterocycles. The number of nitrogens with zero attached hydrogens (tertiary/aromatic N) is 3. The van der Waals surface area contributed by atoms with E-state index in [4.69, 9.17) is 4.74 Å². The fourth-order valence-electron chi connectivity index (χ4n) is 3.15. The van der Waals surface area contributed by atoms with Gasteiger partial charge in [0.2, 0.25) is 0 Å². The van der Waals surface area contributed by atoms with E-state index >= 15 is 0 Å². The second-order valence-corrected chi connectivity index (χ2v) is 6.62. The zero-order valence-electron chi connectivity index (χ0n) is 17.1. The number of aromatic nitrogens is 2. The molecule has 0 amide bonds. The van der Waals surface area contributed by atoms with Crippen LogP contribution in [0, 0.1) is 6.92 Å². The number of guanidine groups is 1. The summed E-state index contributed by atoms with van der Waals surface area (Å²) in [5.41, 5.74) is 3.44. The van der Waals surface area contributed by atoms with Crippen molar-refractivity contribution in [2.75, 3.05) is 26.7 Å². The third kappa shape index (κ3) is 7.01. The van der Waals surface area contributed by atoms with Crippen LogP contribution >= 0.6 is 24.0 Å². The van der Waals surface area contributed by atoms with Crippen LogP contribution in [-0.4, -0.2) is 42.3 Å².